The SMILES string of the molecule is CCS(=O)(=O)C1=NN2C(=N)/C(=C\c3ccc(OCc4ccc([N+](=O)[O-])cc4)c(OC)c3)C(=O)N=C2S1. The van der Waals surface area contributed by atoms with E-state index in [1.807, 2.05) is 0 Å². The fourth-order valence-electron chi connectivity index (χ4n) is 3.16. The van der Waals surface area contributed by atoms with E-state index in [9.17, 15) is 23.3 Å². The highest BCUT2D eigenvalue weighted by molar-refractivity contribution is 8.42. The van der Waals surface area contributed by atoms with Crippen LogP contribution in [0, 0.1) is 15.5 Å². The van der Waals surface area contributed by atoms with Gasteiger partial charge in [0.1, 0.15) is 6.61 Å². The van der Waals surface area contributed by atoms with E-state index >= 15 is 0 Å². The molecule has 2 aliphatic heterocycles. The lowest BCUT2D eigenvalue weighted by molar-refractivity contribution is -0.384. The number of fused-ring (bicyclic) bond motifs is 1. The Morgan fingerprint density at radius 1 is 1.19 bits per heavy atom. The summed E-state index contributed by atoms with van der Waals surface area (Å²) in [6.07, 6.45) is 1.43. The monoisotopic (exact) mass is 529 g/mol. The summed E-state index contributed by atoms with van der Waals surface area (Å²) in [5.41, 5.74) is 1.14. The number of hydrogen-bond donors (Lipinski definition) is 1. The topological polar surface area (TPSA) is 165 Å². The number of nitro benzene ring substituents is 1. The first-order valence-electron chi connectivity index (χ1n) is 10.4. The number of aliphatic imine (C=N–C) groups is 1. The molecule has 0 saturated carbocycles. The number of benzene rings is 2. The number of non-ortho nitro benzene ring substituents is 1. The van der Waals surface area contributed by atoms with E-state index in [0.717, 1.165) is 22.3 Å². The van der Waals surface area contributed by atoms with Gasteiger partial charge in [-0.25, -0.2) is 8.42 Å². The van der Waals surface area contributed by atoms with Crippen molar-refractivity contribution in [1.29, 1.82) is 5.41 Å². The summed E-state index contributed by atoms with van der Waals surface area (Å²) in [5, 5.41) is 24.2. The second kappa shape index (κ2) is 9.91. The standard InChI is InChI=1S/C22H19N5O7S2/c1-3-36(31,32)22-25-26-19(23)16(20(28)24-21(26)35-22)10-14-6-9-17(18(11-14)33-2)34-12-13-4-7-15(8-5-13)27(29)30/h4-11,23H,3,12H2,1-2H3/b16-10+,23-19?. The minimum Gasteiger partial charge on any atom is -0.493 e. The van der Waals surface area contributed by atoms with Crippen LogP contribution in [0.5, 0.6) is 11.5 Å². The summed E-state index contributed by atoms with van der Waals surface area (Å²) in [7, 11) is -2.17. The van der Waals surface area contributed by atoms with Crippen LogP contribution in [0.2, 0.25) is 0 Å². The van der Waals surface area contributed by atoms with Crippen molar-refractivity contribution < 1.29 is 27.6 Å². The lowest BCUT2D eigenvalue weighted by Crippen LogP contribution is -2.35. The highest BCUT2D eigenvalue weighted by atomic mass is 32.3. The van der Waals surface area contributed by atoms with Crippen molar-refractivity contribution in [3.63, 3.8) is 0 Å². The maximum absolute atomic E-state index is 12.6. The highest BCUT2D eigenvalue weighted by Crippen LogP contribution is 2.33. The number of nitro groups is 1. The van der Waals surface area contributed by atoms with Gasteiger partial charge in [0.05, 0.1) is 23.4 Å². The van der Waals surface area contributed by atoms with Gasteiger partial charge in [-0.05, 0) is 53.2 Å². The third kappa shape index (κ3) is 4.99. The number of rotatable bonds is 7. The molecule has 0 unspecified atom stereocenters. The molecule has 2 aromatic carbocycles. The van der Waals surface area contributed by atoms with Gasteiger partial charge in [-0.3, -0.25) is 20.3 Å². The number of amidine groups is 2. The maximum Gasteiger partial charge on any atom is 0.283 e. The Kier molecular flexibility index (Phi) is 6.90. The molecule has 1 N–H and O–H groups in total. The quantitative estimate of drug-likeness (QED) is 0.322. The molecule has 0 bridgehead atoms. The number of hydrogen-bond acceptors (Lipinski definition) is 10. The number of thioether (sulfide) groups is 1. The largest absolute Gasteiger partial charge is 0.493 e. The van der Waals surface area contributed by atoms with Crippen molar-refractivity contribution >= 4 is 54.6 Å². The minimum absolute atomic E-state index is 0.0155. The van der Waals surface area contributed by atoms with Crippen molar-refractivity contribution in [3.05, 3.63) is 69.3 Å². The summed E-state index contributed by atoms with van der Waals surface area (Å²) >= 11 is 0.735. The number of nitrogens with one attached hydrogen (secondary N) is 1. The highest BCUT2D eigenvalue weighted by Gasteiger charge is 2.39. The van der Waals surface area contributed by atoms with Gasteiger partial charge >= 0.3 is 0 Å². The minimum atomic E-state index is -3.62. The predicted octanol–water partition coefficient (Wildman–Crippen LogP) is 3.19. The van der Waals surface area contributed by atoms with Crippen LogP contribution < -0.4 is 9.47 Å². The molecule has 0 radical (unpaired) electrons. The second-order valence-corrected chi connectivity index (χ2v) is 10.8. The van der Waals surface area contributed by atoms with Crippen LogP contribution >= 0.6 is 11.8 Å². The van der Waals surface area contributed by atoms with Gasteiger partial charge in [0.2, 0.25) is 19.4 Å². The molecule has 0 fully saturated rings. The number of ether oxygens (including phenoxy) is 2. The van der Waals surface area contributed by atoms with E-state index in [4.69, 9.17) is 14.9 Å². The van der Waals surface area contributed by atoms with E-state index in [2.05, 4.69) is 10.1 Å². The molecule has 0 aromatic heterocycles. The molecule has 0 aliphatic carbocycles. The number of methoxy groups -OCH3 is 1. The molecule has 0 spiro atoms. The van der Waals surface area contributed by atoms with Crippen LogP contribution in [0.4, 0.5) is 5.69 Å². The van der Waals surface area contributed by atoms with Crippen LogP contribution in [0.1, 0.15) is 18.1 Å². The lowest BCUT2D eigenvalue weighted by Gasteiger charge is -2.20. The Morgan fingerprint density at radius 3 is 2.56 bits per heavy atom. The number of sulfone groups is 1. The number of nitrogens with zero attached hydrogens (tertiary/aromatic N) is 4. The van der Waals surface area contributed by atoms with Crippen LogP contribution in [0.15, 0.2) is 58.1 Å². The second-order valence-electron chi connectivity index (χ2n) is 7.41. The van der Waals surface area contributed by atoms with Gasteiger partial charge in [-0.15, -0.1) is 5.10 Å². The van der Waals surface area contributed by atoms with E-state index in [1.54, 1.807) is 30.3 Å². The summed E-state index contributed by atoms with van der Waals surface area (Å²) in [6, 6.07) is 10.8. The molecule has 2 aliphatic rings. The molecule has 36 heavy (non-hydrogen) atoms. The van der Waals surface area contributed by atoms with Crippen LogP contribution in [0.25, 0.3) is 6.08 Å². The Labute approximate surface area is 209 Å². The smallest absolute Gasteiger partial charge is 0.283 e. The van der Waals surface area contributed by atoms with E-state index in [-0.39, 0.29) is 39.0 Å². The first-order chi connectivity index (χ1) is 17.1. The van der Waals surface area contributed by atoms with Gasteiger partial charge < -0.3 is 9.47 Å². The predicted molar refractivity (Wildman–Crippen MR) is 135 cm³/mol. The summed E-state index contributed by atoms with van der Waals surface area (Å²) in [5.74, 6) is -0.394. The summed E-state index contributed by atoms with van der Waals surface area (Å²) < 4.78 is 35.2. The molecular formula is C22H19N5O7S2. The maximum atomic E-state index is 12.6. The molecule has 1 amide bonds. The molecular weight excluding hydrogens is 510 g/mol. The van der Waals surface area contributed by atoms with Gasteiger partial charge in [0.15, 0.2) is 17.3 Å². The molecule has 4 rings (SSSR count). The van der Waals surface area contributed by atoms with Crippen molar-refractivity contribution in [2.24, 2.45) is 10.1 Å². The first kappa shape index (κ1) is 25.1. The Bertz CT molecular complexity index is 1460. The first-order valence-corrected chi connectivity index (χ1v) is 12.9. The van der Waals surface area contributed by atoms with Gasteiger partial charge in [0, 0.05) is 12.1 Å². The molecule has 2 aromatic rings. The average Bonchev–Trinajstić information content (AvgIpc) is 3.31. The van der Waals surface area contributed by atoms with Crippen LogP contribution in [-0.4, -0.2) is 52.5 Å². The lowest BCUT2D eigenvalue weighted by atomic mass is 10.1. The number of carbonyl (C=O) groups is 1. The van der Waals surface area contributed by atoms with Crippen molar-refractivity contribution in [1.82, 2.24) is 5.01 Å². The summed E-state index contributed by atoms with van der Waals surface area (Å²) in [6.45, 7) is 1.62. The molecule has 0 atom stereocenters. The fraction of sp³-hybridized carbons (Fsp3) is 0.182. The third-order valence-corrected chi connectivity index (χ3v) is 8.21. The van der Waals surface area contributed by atoms with E-state index in [1.165, 1.54) is 32.2 Å². The normalized spacial score (nSPS) is 16.5. The van der Waals surface area contributed by atoms with Crippen molar-refractivity contribution in [2.45, 2.75) is 13.5 Å². The summed E-state index contributed by atoms with van der Waals surface area (Å²) in [4.78, 5) is 26.8. The van der Waals surface area contributed by atoms with Crippen LogP contribution in [0.3, 0.4) is 0 Å². The fourth-order valence-corrected chi connectivity index (χ4v) is 5.32. The number of hydrazone groups is 1. The zero-order valence-corrected chi connectivity index (χ0v) is 20.6. The molecule has 2 heterocycles. The molecule has 186 valence electrons. The van der Waals surface area contributed by atoms with Crippen molar-refractivity contribution in [2.75, 3.05) is 12.9 Å². The average molecular weight is 530 g/mol. The van der Waals surface area contributed by atoms with Gasteiger partial charge in [-0.2, -0.15) is 10.0 Å². The Morgan fingerprint density at radius 2 is 1.92 bits per heavy atom. The van der Waals surface area contributed by atoms with Crippen LogP contribution in [-0.2, 0) is 21.2 Å². The molecule has 14 heteroatoms. The molecule has 0 saturated heterocycles. The third-order valence-electron chi connectivity index (χ3n) is 5.12. The Balaban J connectivity index is 1.54. The number of carbonyl (C=O) groups excluding carboxylic acids is 1. The van der Waals surface area contributed by atoms with Crippen molar-refractivity contribution in [3.8, 4) is 11.5 Å². The molecule has 12 nitrogen and oxygen atoms in total. The van der Waals surface area contributed by atoms with E-state index < -0.39 is 20.7 Å². The van der Waals surface area contributed by atoms with Gasteiger partial charge in [-0.1, -0.05) is 13.0 Å². The van der Waals surface area contributed by atoms with E-state index in [0.29, 0.717) is 17.1 Å². The Hall–Kier alpha value is -4.04. The zero-order chi connectivity index (χ0) is 26.0. The number of amides is 1. The zero-order valence-electron chi connectivity index (χ0n) is 19.0. The van der Waals surface area contributed by atoms with Gasteiger partial charge in [0.25, 0.3) is 11.6 Å².